The molecule has 84 valence electrons. The summed E-state index contributed by atoms with van der Waals surface area (Å²) in [5, 5.41) is 0. The summed E-state index contributed by atoms with van der Waals surface area (Å²) in [6, 6.07) is 0. The van der Waals surface area contributed by atoms with Gasteiger partial charge in [-0.3, -0.25) is 4.79 Å². The van der Waals surface area contributed by atoms with E-state index in [1.54, 1.807) is 13.8 Å². The lowest BCUT2D eigenvalue weighted by atomic mass is 10.0. The second-order valence-corrected chi connectivity index (χ2v) is 3.44. The van der Waals surface area contributed by atoms with Crippen molar-refractivity contribution in [1.82, 2.24) is 0 Å². The molecule has 0 N–H and O–H groups in total. The van der Waals surface area contributed by atoms with Crippen LogP contribution in [0.5, 0.6) is 0 Å². The van der Waals surface area contributed by atoms with Gasteiger partial charge in [0.25, 0.3) is 0 Å². The van der Waals surface area contributed by atoms with E-state index in [0.29, 0.717) is 13.2 Å². The molecule has 0 rings (SSSR count). The number of hydrogen-bond acceptors (Lipinski definition) is 3. The molecule has 4 heteroatoms. The number of carbonyl (C=O) groups is 1. The summed E-state index contributed by atoms with van der Waals surface area (Å²) in [5.41, 5.74) is -1.81. The lowest BCUT2D eigenvalue weighted by molar-refractivity contribution is -0.157. The Morgan fingerprint density at radius 2 is 1.71 bits per heavy atom. The monoisotopic (exact) mass is 206 g/mol. The van der Waals surface area contributed by atoms with Gasteiger partial charge in [0.2, 0.25) is 0 Å². The standard InChI is InChI=1S/C10H19FO3/c1-5-13-9(14-6-2)7-8(12)10(3,4)11/h9H,5-7H2,1-4H3. The van der Waals surface area contributed by atoms with Crippen LogP contribution in [0.4, 0.5) is 4.39 Å². The second-order valence-electron chi connectivity index (χ2n) is 3.44. The Balaban J connectivity index is 4.08. The molecular weight excluding hydrogens is 187 g/mol. The van der Waals surface area contributed by atoms with E-state index in [2.05, 4.69) is 0 Å². The topological polar surface area (TPSA) is 35.5 Å². The Hall–Kier alpha value is -0.480. The highest BCUT2D eigenvalue weighted by molar-refractivity contribution is 5.86. The molecule has 0 unspecified atom stereocenters. The fraction of sp³-hybridized carbons (Fsp3) is 0.900. The molecule has 0 aromatic heterocycles. The lowest BCUT2D eigenvalue weighted by Crippen LogP contribution is -2.32. The summed E-state index contributed by atoms with van der Waals surface area (Å²) in [6.45, 7) is 6.98. The molecule has 0 aliphatic heterocycles. The predicted molar refractivity (Wildman–Crippen MR) is 51.9 cm³/mol. The van der Waals surface area contributed by atoms with Crippen LogP contribution in [0.15, 0.2) is 0 Å². The van der Waals surface area contributed by atoms with Crippen LogP contribution in [0.2, 0.25) is 0 Å². The Morgan fingerprint density at radius 1 is 1.29 bits per heavy atom. The smallest absolute Gasteiger partial charge is 0.174 e. The van der Waals surface area contributed by atoms with Gasteiger partial charge in [-0.15, -0.1) is 0 Å². The normalized spacial score (nSPS) is 12.1. The number of alkyl halides is 1. The molecule has 0 atom stereocenters. The van der Waals surface area contributed by atoms with Gasteiger partial charge in [0, 0.05) is 13.2 Å². The first kappa shape index (κ1) is 13.5. The first-order chi connectivity index (χ1) is 6.41. The molecule has 0 radical (unpaired) electrons. The van der Waals surface area contributed by atoms with Crippen LogP contribution in [-0.2, 0) is 14.3 Å². The van der Waals surface area contributed by atoms with Crippen LogP contribution < -0.4 is 0 Å². The zero-order chi connectivity index (χ0) is 11.2. The third-order valence-electron chi connectivity index (χ3n) is 1.72. The van der Waals surface area contributed by atoms with E-state index in [4.69, 9.17) is 9.47 Å². The number of ketones is 1. The van der Waals surface area contributed by atoms with Crippen molar-refractivity contribution in [2.24, 2.45) is 0 Å². The Labute approximate surface area is 84.6 Å². The zero-order valence-electron chi connectivity index (χ0n) is 9.30. The summed E-state index contributed by atoms with van der Waals surface area (Å²) in [7, 11) is 0. The lowest BCUT2D eigenvalue weighted by Gasteiger charge is -2.19. The van der Waals surface area contributed by atoms with E-state index in [1.807, 2.05) is 0 Å². The SMILES string of the molecule is CCOC(CC(=O)C(C)(C)F)OCC. The van der Waals surface area contributed by atoms with Gasteiger partial charge in [-0.05, 0) is 27.7 Å². The third-order valence-corrected chi connectivity index (χ3v) is 1.72. The number of Topliss-reactive ketones (excluding diaryl/α,β-unsaturated/α-hetero) is 1. The predicted octanol–water partition coefficient (Wildman–Crippen LogP) is 2.09. The van der Waals surface area contributed by atoms with Gasteiger partial charge < -0.3 is 9.47 Å². The molecule has 0 heterocycles. The van der Waals surface area contributed by atoms with Crippen LogP contribution in [0.3, 0.4) is 0 Å². The van der Waals surface area contributed by atoms with Crippen molar-refractivity contribution in [3.63, 3.8) is 0 Å². The molecular formula is C10H19FO3. The van der Waals surface area contributed by atoms with Gasteiger partial charge in [-0.1, -0.05) is 0 Å². The second kappa shape index (κ2) is 6.09. The maximum absolute atomic E-state index is 13.2. The van der Waals surface area contributed by atoms with Gasteiger partial charge in [0.05, 0.1) is 6.42 Å². The molecule has 0 fully saturated rings. The molecule has 0 saturated heterocycles. The minimum atomic E-state index is -1.81. The summed E-state index contributed by atoms with van der Waals surface area (Å²) in [4.78, 5) is 11.3. The van der Waals surface area contributed by atoms with Crippen LogP contribution in [0.25, 0.3) is 0 Å². The highest BCUT2D eigenvalue weighted by Crippen LogP contribution is 2.15. The number of halogens is 1. The number of hydrogen-bond donors (Lipinski definition) is 0. The van der Waals surface area contributed by atoms with Gasteiger partial charge in [-0.25, -0.2) is 4.39 Å². The van der Waals surface area contributed by atoms with Gasteiger partial charge in [-0.2, -0.15) is 0 Å². The van der Waals surface area contributed by atoms with Crippen molar-refractivity contribution in [3.8, 4) is 0 Å². The quantitative estimate of drug-likeness (QED) is 0.598. The van der Waals surface area contributed by atoms with Crippen molar-refractivity contribution >= 4 is 5.78 Å². The van der Waals surface area contributed by atoms with E-state index >= 15 is 0 Å². The average molecular weight is 206 g/mol. The zero-order valence-corrected chi connectivity index (χ0v) is 9.30. The van der Waals surface area contributed by atoms with Crippen molar-refractivity contribution in [2.75, 3.05) is 13.2 Å². The summed E-state index contributed by atoms with van der Waals surface area (Å²) >= 11 is 0. The van der Waals surface area contributed by atoms with E-state index in [-0.39, 0.29) is 6.42 Å². The highest BCUT2D eigenvalue weighted by atomic mass is 19.1. The molecule has 0 aliphatic carbocycles. The number of rotatable bonds is 7. The van der Waals surface area contributed by atoms with E-state index in [1.165, 1.54) is 13.8 Å². The van der Waals surface area contributed by atoms with E-state index in [0.717, 1.165) is 0 Å². The van der Waals surface area contributed by atoms with Gasteiger partial charge >= 0.3 is 0 Å². The third kappa shape index (κ3) is 5.29. The van der Waals surface area contributed by atoms with Gasteiger partial charge in [0.15, 0.2) is 17.7 Å². The van der Waals surface area contributed by atoms with Crippen LogP contribution >= 0.6 is 0 Å². The minimum absolute atomic E-state index is 0.0365. The Kier molecular flexibility index (Phi) is 5.88. The van der Waals surface area contributed by atoms with Crippen molar-refractivity contribution < 1.29 is 18.7 Å². The maximum Gasteiger partial charge on any atom is 0.174 e. The molecule has 3 nitrogen and oxygen atoms in total. The molecule has 14 heavy (non-hydrogen) atoms. The average Bonchev–Trinajstić information content (AvgIpc) is 2.03. The number of carbonyl (C=O) groups excluding carboxylic acids is 1. The minimum Gasteiger partial charge on any atom is -0.352 e. The first-order valence-electron chi connectivity index (χ1n) is 4.87. The summed E-state index contributed by atoms with van der Waals surface area (Å²) in [5.74, 6) is -0.496. The molecule has 0 bridgehead atoms. The molecule has 0 amide bonds. The van der Waals surface area contributed by atoms with Crippen molar-refractivity contribution in [1.29, 1.82) is 0 Å². The van der Waals surface area contributed by atoms with Crippen molar-refractivity contribution in [2.45, 2.75) is 46.1 Å². The molecule has 0 saturated carbocycles. The fourth-order valence-corrected chi connectivity index (χ4v) is 0.932. The summed E-state index contributed by atoms with van der Waals surface area (Å²) in [6.07, 6.45) is -0.655. The molecule has 0 aromatic rings. The fourth-order valence-electron chi connectivity index (χ4n) is 0.932. The van der Waals surface area contributed by atoms with Crippen LogP contribution in [-0.4, -0.2) is 31.0 Å². The van der Waals surface area contributed by atoms with E-state index in [9.17, 15) is 9.18 Å². The number of ether oxygens (including phenoxy) is 2. The van der Waals surface area contributed by atoms with E-state index < -0.39 is 17.7 Å². The molecule has 0 aliphatic rings. The largest absolute Gasteiger partial charge is 0.352 e. The maximum atomic E-state index is 13.2. The highest BCUT2D eigenvalue weighted by Gasteiger charge is 2.29. The Bertz CT molecular complexity index is 169. The first-order valence-corrected chi connectivity index (χ1v) is 4.87. The van der Waals surface area contributed by atoms with Crippen LogP contribution in [0.1, 0.15) is 34.1 Å². The molecule has 0 spiro atoms. The summed E-state index contributed by atoms with van der Waals surface area (Å²) < 4.78 is 23.4. The van der Waals surface area contributed by atoms with Crippen molar-refractivity contribution in [3.05, 3.63) is 0 Å². The van der Waals surface area contributed by atoms with Gasteiger partial charge in [0.1, 0.15) is 0 Å². The molecule has 0 aromatic carbocycles. The Morgan fingerprint density at radius 3 is 2.00 bits per heavy atom. The van der Waals surface area contributed by atoms with Crippen LogP contribution in [0, 0.1) is 0 Å².